The first kappa shape index (κ1) is 14.9. The zero-order chi connectivity index (χ0) is 14.5. The van der Waals surface area contributed by atoms with Gasteiger partial charge in [0.25, 0.3) is 5.91 Å². The number of nitrogens with one attached hydrogen (secondary N) is 1. The van der Waals surface area contributed by atoms with E-state index in [0.717, 1.165) is 37.2 Å². The molecule has 1 heterocycles. The molecule has 1 fully saturated rings. The number of benzene rings is 1. The lowest BCUT2D eigenvalue weighted by Crippen LogP contribution is -2.47. The van der Waals surface area contributed by atoms with E-state index in [2.05, 4.69) is 17.3 Å². The minimum Gasteiger partial charge on any atom is -0.481 e. The number of hydrogen-bond donors (Lipinski definition) is 1. The van der Waals surface area contributed by atoms with Gasteiger partial charge in [0.1, 0.15) is 5.75 Å². The molecule has 0 aliphatic carbocycles. The third-order valence-corrected chi connectivity index (χ3v) is 3.83. The van der Waals surface area contributed by atoms with Gasteiger partial charge in [-0.1, -0.05) is 18.2 Å². The van der Waals surface area contributed by atoms with Crippen molar-refractivity contribution in [1.29, 1.82) is 0 Å². The Balaban J connectivity index is 1.84. The highest BCUT2D eigenvalue weighted by Crippen LogP contribution is 2.18. The average Bonchev–Trinajstić information content (AvgIpc) is 2.44. The van der Waals surface area contributed by atoms with E-state index in [9.17, 15) is 4.79 Å². The lowest BCUT2D eigenvalue weighted by atomic mass is 10.1. The number of nitrogens with zero attached hydrogens (tertiary/aromatic N) is 1. The third-order valence-electron chi connectivity index (χ3n) is 3.83. The minimum absolute atomic E-state index is 0.0252. The van der Waals surface area contributed by atoms with Gasteiger partial charge < -0.3 is 15.0 Å². The number of amides is 1. The molecule has 110 valence electrons. The van der Waals surface area contributed by atoms with Crippen molar-refractivity contribution in [2.24, 2.45) is 0 Å². The number of hydrogen-bond acceptors (Lipinski definition) is 3. The van der Waals surface area contributed by atoms with Gasteiger partial charge in [0.05, 0.1) is 0 Å². The summed E-state index contributed by atoms with van der Waals surface area (Å²) in [5.74, 6) is 0.751. The quantitative estimate of drug-likeness (QED) is 0.914. The summed E-state index contributed by atoms with van der Waals surface area (Å²) >= 11 is 0. The van der Waals surface area contributed by atoms with E-state index in [1.807, 2.05) is 31.2 Å². The molecule has 0 spiro atoms. The van der Waals surface area contributed by atoms with Crippen LogP contribution in [-0.2, 0) is 4.79 Å². The van der Waals surface area contributed by atoms with Crippen LogP contribution in [-0.4, -0.2) is 43.1 Å². The van der Waals surface area contributed by atoms with Crippen LogP contribution in [0.1, 0.15) is 25.3 Å². The van der Waals surface area contributed by atoms with Gasteiger partial charge in [0.2, 0.25) is 0 Å². The van der Waals surface area contributed by atoms with Gasteiger partial charge in [-0.25, -0.2) is 0 Å². The summed E-state index contributed by atoms with van der Waals surface area (Å²) in [6.07, 6.45) is 1.56. The van der Waals surface area contributed by atoms with Gasteiger partial charge in [-0.05, 0) is 58.5 Å². The van der Waals surface area contributed by atoms with Crippen LogP contribution < -0.4 is 10.1 Å². The highest BCUT2D eigenvalue weighted by Gasteiger charge is 2.22. The number of aryl methyl sites for hydroxylation is 1. The van der Waals surface area contributed by atoms with Crippen LogP contribution in [0.5, 0.6) is 5.75 Å². The van der Waals surface area contributed by atoms with Gasteiger partial charge in [0, 0.05) is 6.04 Å². The number of carbonyl (C=O) groups excluding carboxylic acids is 1. The summed E-state index contributed by atoms with van der Waals surface area (Å²) in [4.78, 5) is 14.4. The molecule has 1 aromatic carbocycles. The maximum absolute atomic E-state index is 12.2. The van der Waals surface area contributed by atoms with Crippen LogP contribution in [0, 0.1) is 6.92 Å². The van der Waals surface area contributed by atoms with Gasteiger partial charge in [0.15, 0.2) is 6.10 Å². The highest BCUT2D eigenvalue weighted by atomic mass is 16.5. The minimum atomic E-state index is -0.462. The Hall–Kier alpha value is -1.55. The first-order chi connectivity index (χ1) is 9.56. The molecule has 0 radical (unpaired) electrons. The van der Waals surface area contributed by atoms with Crippen LogP contribution in [0.2, 0.25) is 0 Å². The molecule has 1 aromatic rings. The van der Waals surface area contributed by atoms with Crippen molar-refractivity contribution in [3.8, 4) is 5.75 Å². The number of piperidine rings is 1. The van der Waals surface area contributed by atoms with Crippen molar-refractivity contribution < 1.29 is 9.53 Å². The molecule has 0 aromatic heterocycles. The predicted molar refractivity (Wildman–Crippen MR) is 79.9 cm³/mol. The average molecular weight is 276 g/mol. The van der Waals surface area contributed by atoms with Crippen molar-refractivity contribution >= 4 is 5.91 Å². The normalized spacial score (nSPS) is 18.6. The molecular weight excluding hydrogens is 252 g/mol. The van der Waals surface area contributed by atoms with E-state index in [1.165, 1.54) is 0 Å². The molecule has 1 amide bonds. The first-order valence-corrected chi connectivity index (χ1v) is 7.27. The molecule has 0 bridgehead atoms. The Kier molecular flexibility index (Phi) is 5.01. The number of likely N-dealkylation sites (tertiary alicyclic amines) is 1. The van der Waals surface area contributed by atoms with Crippen molar-refractivity contribution in [1.82, 2.24) is 10.2 Å². The molecule has 0 saturated carbocycles. The molecule has 1 N–H and O–H groups in total. The fraction of sp³-hybridized carbons (Fsp3) is 0.562. The summed E-state index contributed by atoms with van der Waals surface area (Å²) in [5, 5.41) is 3.09. The summed E-state index contributed by atoms with van der Waals surface area (Å²) in [5.41, 5.74) is 1.05. The zero-order valence-electron chi connectivity index (χ0n) is 12.6. The summed E-state index contributed by atoms with van der Waals surface area (Å²) in [6, 6.07) is 8.04. The fourth-order valence-electron chi connectivity index (χ4n) is 2.40. The molecule has 20 heavy (non-hydrogen) atoms. The predicted octanol–water partition coefficient (Wildman–Crippen LogP) is 1.97. The van der Waals surface area contributed by atoms with Crippen molar-refractivity contribution in [2.45, 2.75) is 38.8 Å². The molecule has 2 rings (SSSR count). The molecule has 1 aliphatic heterocycles. The second-order valence-corrected chi connectivity index (χ2v) is 5.61. The van der Waals surface area contributed by atoms with Gasteiger partial charge in [-0.2, -0.15) is 0 Å². The van der Waals surface area contributed by atoms with Crippen LogP contribution >= 0.6 is 0 Å². The molecule has 1 unspecified atom stereocenters. The number of carbonyl (C=O) groups is 1. The summed E-state index contributed by atoms with van der Waals surface area (Å²) < 4.78 is 5.75. The van der Waals surface area contributed by atoms with Crippen LogP contribution in [0.25, 0.3) is 0 Å². The third kappa shape index (κ3) is 3.97. The largest absolute Gasteiger partial charge is 0.481 e. The molecule has 1 saturated heterocycles. The molecule has 1 atom stereocenters. The second-order valence-electron chi connectivity index (χ2n) is 5.61. The molecule has 4 heteroatoms. The standard InChI is InChI=1S/C16H24N2O2/c1-12-6-4-5-7-15(12)20-13(2)16(19)17-14-8-10-18(3)11-9-14/h4-7,13-14H,8-11H2,1-3H3,(H,17,19). The van der Waals surface area contributed by atoms with E-state index in [4.69, 9.17) is 4.74 Å². The lowest BCUT2D eigenvalue weighted by Gasteiger charge is -2.30. The summed E-state index contributed by atoms with van der Waals surface area (Å²) in [7, 11) is 2.11. The summed E-state index contributed by atoms with van der Waals surface area (Å²) in [6.45, 7) is 5.86. The fourth-order valence-corrected chi connectivity index (χ4v) is 2.40. The Morgan fingerprint density at radius 2 is 2.00 bits per heavy atom. The van der Waals surface area contributed by atoms with Crippen molar-refractivity contribution in [3.05, 3.63) is 29.8 Å². The van der Waals surface area contributed by atoms with E-state index in [1.54, 1.807) is 6.92 Å². The maximum Gasteiger partial charge on any atom is 0.260 e. The Bertz CT molecular complexity index is 454. The number of ether oxygens (including phenoxy) is 1. The van der Waals surface area contributed by atoms with E-state index < -0.39 is 6.10 Å². The number of rotatable bonds is 4. The van der Waals surface area contributed by atoms with Crippen molar-refractivity contribution in [2.75, 3.05) is 20.1 Å². The smallest absolute Gasteiger partial charge is 0.260 e. The second kappa shape index (κ2) is 6.75. The number of para-hydroxylation sites is 1. The SMILES string of the molecule is Cc1ccccc1OC(C)C(=O)NC1CCN(C)CC1. The van der Waals surface area contributed by atoms with Gasteiger partial charge in [-0.3, -0.25) is 4.79 Å². The first-order valence-electron chi connectivity index (χ1n) is 7.27. The van der Waals surface area contributed by atoms with Crippen LogP contribution in [0.3, 0.4) is 0 Å². The van der Waals surface area contributed by atoms with E-state index in [-0.39, 0.29) is 11.9 Å². The van der Waals surface area contributed by atoms with Crippen molar-refractivity contribution in [3.63, 3.8) is 0 Å². The monoisotopic (exact) mass is 276 g/mol. The van der Waals surface area contributed by atoms with E-state index >= 15 is 0 Å². The maximum atomic E-state index is 12.2. The Labute approximate surface area is 121 Å². The highest BCUT2D eigenvalue weighted by molar-refractivity contribution is 5.81. The lowest BCUT2D eigenvalue weighted by molar-refractivity contribution is -0.128. The topological polar surface area (TPSA) is 41.6 Å². The molecular formula is C16H24N2O2. The Morgan fingerprint density at radius 1 is 1.35 bits per heavy atom. The van der Waals surface area contributed by atoms with Gasteiger partial charge >= 0.3 is 0 Å². The van der Waals surface area contributed by atoms with Crippen LogP contribution in [0.4, 0.5) is 0 Å². The van der Waals surface area contributed by atoms with Crippen LogP contribution in [0.15, 0.2) is 24.3 Å². The molecule has 4 nitrogen and oxygen atoms in total. The zero-order valence-corrected chi connectivity index (χ0v) is 12.6. The van der Waals surface area contributed by atoms with Gasteiger partial charge in [-0.15, -0.1) is 0 Å². The Morgan fingerprint density at radius 3 is 2.65 bits per heavy atom. The molecule has 1 aliphatic rings. The van der Waals surface area contributed by atoms with E-state index in [0.29, 0.717) is 0 Å².